The van der Waals surface area contributed by atoms with Gasteiger partial charge in [0.05, 0.1) is 24.3 Å². The summed E-state index contributed by atoms with van der Waals surface area (Å²) in [7, 11) is -1.10. The third kappa shape index (κ3) is 3.16. The Hall–Kier alpha value is -1.27. The number of benzene rings is 1. The molecule has 0 saturated carbocycles. The molecule has 2 heterocycles. The van der Waals surface area contributed by atoms with Crippen LogP contribution in [0.5, 0.6) is 5.75 Å². The predicted molar refractivity (Wildman–Crippen MR) is 83.8 cm³/mol. The van der Waals surface area contributed by atoms with Crippen LogP contribution in [0.1, 0.15) is 6.42 Å². The molecule has 2 saturated heterocycles. The van der Waals surface area contributed by atoms with Crippen LogP contribution in [0.25, 0.3) is 0 Å². The van der Waals surface area contributed by atoms with E-state index in [1.165, 1.54) is 0 Å². The summed E-state index contributed by atoms with van der Waals surface area (Å²) in [4.78, 5) is 4.65. The maximum atomic E-state index is 11.6. The van der Waals surface area contributed by atoms with Crippen LogP contribution in [0.3, 0.4) is 0 Å². The Labute approximate surface area is 126 Å². The Morgan fingerprint density at radius 2 is 1.86 bits per heavy atom. The molecule has 21 heavy (non-hydrogen) atoms. The summed E-state index contributed by atoms with van der Waals surface area (Å²) in [6.07, 6.45) is 0.789. The van der Waals surface area contributed by atoms with Gasteiger partial charge in [0.1, 0.15) is 5.75 Å². The second-order valence-corrected chi connectivity index (χ2v) is 7.98. The van der Waals surface area contributed by atoms with Crippen LogP contribution >= 0.6 is 0 Å². The standard InChI is InChI=1S/C15H22N2O3S/c1-20-15-5-3-2-4-14(15)17-9-7-16(8-10-17)13-6-11-21(18,19)12-13/h2-5,13H,6-12H2,1H3. The van der Waals surface area contributed by atoms with Crippen LogP contribution in [0, 0.1) is 0 Å². The highest BCUT2D eigenvalue weighted by atomic mass is 32.2. The lowest BCUT2D eigenvalue weighted by molar-refractivity contribution is 0.200. The highest BCUT2D eigenvalue weighted by Crippen LogP contribution is 2.29. The lowest BCUT2D eigenvalue weighted by atomic mass is 10.1. The van der Waals surface area contributed by atoms with Gasteiger partial charge >= 0.3 is 0 Å². The quantitative estimate of drug-likeness (QED) is 0.834. The lowest BCUT2D eigenvalue weighted by Crippen LogP contribution is -2.50. The van der Waals surface area contributed by atoms with Crippen molar-refractivity contribution in [3.8, 4) is 5.75 Å². The summed E-state index contributed by atoms with van der Waals surface area (Å²) < 4.78 is 28.6. The summed E-state index contributed by atoms with van der Waals surface area (Å²) in [6.45, 7) is 3.66. The zero-order valence-corrected chi connectivity index (χ0v) is 13.2. The number of methoxy groups -OCH3 is 1. The zero-order valence-electron chi connectivity index (χ0n) is 12.4. The number of piperazine rings is 1. The van der Waals surface area contributed by atoms with E-state index in [1.54, 1.807) is 7.11 Å². The van der Waals surface area contributed by atoms with E-state index in [1.807, 2.05) is 18.2 Å². The number of para-hydroxylation sites is 2. The van der Waals surface area contributed by atoms with Crippen LogP contribution in [-0.4, -0.2) is 64.2 Å². The molecule has 5 nitrogen and oxygen atoms in total. The molecule has 116 valence electrons. The molecule has 0 amide bonds. The fourth-order valence-corrected chi connectivity index (χ4v) is 5.04. The van der Waals surface area contributed by atoms with Crippen molar-refractivity contribution in [1.29, 1.82) is 0 Å². The number of nitrogens with zero attached hydrogens (tertiary/aromatic N) is 2. The van der Waals surface area contributed by atoms with Crippen molar-refractivity contribution < 1.29 is 13.2 Å². The highest BCUT2D eigenvalue weighted by Gasteiger charge is 2.33. The van der Waals surface area contributed by atoms with Crippen molar-refractivity contribution >= 4 is 15.5 Å². The van der Waals surface area contributed by atoms with Gasteiger partial charge in [-0.1, -0.05) is 12.1 Å². The number of rotatable bonds is 3. The van der Waals surface area contributed by atoms with E-state index in [9.17, 15) is 8.42 Å². The number of sulfone groups is 1. The van der Waals surface area contributed by atoms with Gasteiger partial charge in [-0.05, 0) is 18.6 Å². The normalized spacial score (nSPS) is 26.0. The van der Waals surface area contributed by atoms with Crippen LogP contribution < -0.4 is 9.64 Å². The second kappa shape index (κ2) is 5.85. The first kappa shape index (κ1) is 14.7. The van der Waals surface area contributed by atoms with Gasteiger partial charge in [-0.25, -0.2) is 8.42 Å². The maximum absolute atomic E-state index is 11.6. The van der Waals surface area contributed by atoms with Gasteiger partial charge in [0.25, 0.3) is 0 Å². The molecule has 2 fully saturated rings. The van der Waals surface area contributed by atoms with Crippen LogP contribution in [0.2, 0.25) is 0 Å². The number of hydrogen-bond acceptors (Lipinski definition) is 5. The summed E-state index contributed by atoms with van der Waals surface area (Å²) in [5.41, 5.74) is 1.12. The lowest BCUT2D eigenvalue weighted by Gasteiger charge is -2.39. The zero-order chi connectivity index (χ0) is 14.9. The van der Waals surface area contributed by atoms with Crippen molar-refractivity contribution in [2.75, 3.05) is 49.7 Å². The molecule has 0 aromatic heterocycles. The average molecular weight is 310 g/mol. The minimum absolute atomic E-state index is 0.217. The van der Waals surface area contributed by atoms with E-state index < -0.39 is 9.84 Å². The van der Waals surface area contributed by atoms with Gasteiger partial charge < -0.3 is 9.64 Å². The van der Waals surface area contributed by atoms with Gasteiger partial charge in [0, 0.05) is 32.2 Å². The largest absolute Gasteiger partial charge is 0.495 e. The molecule has 3 rings (SSSR count). The maximum Gasteiger partial charge on any atom is 0.151 e. The summed E-state index contributed by atoms with van der Waals surface area (Å²) in [6, 6.07) is 8.27. The van der Waals surface area contributed by atoms with E-state index in [2.05, 4.69) is 15.9 Å². The predicted octanol–water partition coefficient (Wildman–Crippen LogP) is 1.00. The molecule has 0 spiro atoms. The third-order valence-corrected chi connectivity index (χ3v) is 6.22. The molecule has 0 bridgehead atoms. The molecular formula is C15H22N2O3S. The van der Waals surface area contributed by atoms with Crippen molar-refractivity contribution in [1.82, 2.24) is 4.90 Å². The summed E-state index contributed by atoms with van der Waals surface area (Å²) >= 11 is 0. The molecule has 0 N–H and O–H groups in total. The molecule has 0 radical (unpaired) electrons. The second-order valence-electron chi connectivity index (χ2n) is 5.75. The Morgan fingerprint density at radius 3 is 2.48 bits per heavy atom. The molecule has 2 aliphatic heterocycles. The van der Waals surface area contributed by atoms with E-state index in [0.29, 0.717) is 11.5 Å². The molecule has 1 unspecified atom stereocenters. The Bertz CT molecular complexity index is 595. The SMILES string of the molecule is COc1ccccc1N1CCN(C2CCS(=O)(=O)C2)CC1. The molecule has 6 heteroatoms. The number of ether oxygens (including phenoxy) is 1. The van der Waals surface area contributed by atoms with Crippen LogP contribution in [0.15, 0.2) is 24.3 Å². The fraction of sp³-hybridized carbons (Fsp3) is 0.600. The first-order chi connectivity index (χ1) is 10.1. The van der Waals surface area contributed by atoms with Gasteiger partial charge in [0.15, 0.2) is 9.84 Å². The fourth-order valence-electron chi connectivity index (χ4n) is 3.28. The molecular weight excluding hydrogens is 288 g/mol. The van der Waals surface area contributed by atoms with Crippen molar-refractivity contribution in [2.45, 2.75) is 12.5 Å². The Kier molecular flexibility index (Phi) is 4.08. The van der Waals surface area contributed by atoms with Crippen molar-refractivity contribution in [3.05, 3.63) is 24.3 Å². The molecule has 0 aliphatic carbocycles. The molecule has 2 aliphatic rings. The first-order valence-electron chi connectivity index (χ1n) is 7.41. The third-order valence-electron chi connectivity index (χ3n) is 4.46. The Balaban J connectivity index is 1.63. The molecule has 1 aromatic rings. The van der Waals surface area contributed by atoms with E-state index >= 15 is 0 Å². The van der Waals surface area contributed by atoms with Crippen LogP contribution in [0.4, 0.5) is 5.69 Å². The van der Waals surface area contributed by atoms with E-state index in [0.717, 1.165) is 44.0 Å². The monoisotopic (exact) mass is 310 g/mol. The highest BCUT2D eigenvalue weighted by molar-refractivity contribution is 7.91. The van der Waals surface area contributed by atoms with Crippen molar-refractivity contribution in [3.63, 3.8) is 0 Å². The van der Waals surface area contributed by atoms with E-state index in [4.69, 9.17) is 4.74 Å². The first-order valence-corrected chi connectivity index (χ1v) is 9.23. The minimum Gasteiger partial charge on any atom is -0.495 e. The number of hydrogen-bond donors (Lipinski definition) is 0. The smallest absolute Gasteiger partial charge is 0.151 e. The topological polar surface area (TPSA) is 49.9 Å². The van der Waals surface area contributed by atoms with Gasteiger partial charge in [-0.3, -0.25) is 4.90 Å². The van der Waals surface area contributed by atoms with Crippen molar-refractivity contribution in [2.24, 2.45) is 0 Å². The molecule has 1 aromatic carbocycles. The van der Waals surface area contributed by atoms with Gasteiger partial charge in [-0.15, -0.1) is 0 Å². The average Bonchev–Trinajstić information content (AvgIpc) is 2.87. The van der Waals surface area contributed by atoms with Crippen LogP contribution in [-0.2, 0) is 9.84 Å². The van der Waals surface area contributed by atoms with E-state index in [-0.39, 0.29) is 6.04 Å². The number of anilines is 1. The summed E-state index contributed by atoms with van der Waals surface area (Å²) in [5.74, 6) is 1.58. The Morgan fingerprint density at radius 1 is 1.14 bits per heavy atom. The summed E-state index contributed by atoms with van der Waals surface area (Å²) in [5, 5.41) is 0. The van der Waals surface area contributed by atoms with Gasteiger partial charge in [-0.2, -0.15) is 0 Å². The minimum atomic E-state index is -2.80. The molecule has 1 atom stereocenters. The van der Waals surface area contributed by atoms with Gasteiger partial charge in [0.2, 0.25) is 0 Å².